The number of hydrogen-bond donors (Lipinski definition) is 0. The second kappa shape index (κ2) is 6.63. The van der Waals surface area contributed by atoms with Crippen molar-refractivity contribution in [2.45, 2.75) is 38.5 Å². The average Bonchev–Trinajstić information content (AvgIpc) is 2.37. The van der Waals surface area contributed by atoms with Gasteiger partial charge in [0.2, 0.25) is 0 Å². The molecule has 4 rings (SSSR count). The number of halogens is 5. The average molecular weight is 465 g/mol. The summed E-state index contributed by atoms with van der Waals surface area (Å²) in [6.45, 7) is -1.99. The fourth-order valence-corrected chi connectivity index (χ4v) is 6.80. The first-order valence-electron chi connectivity index (χ1n) is 8.04. The molecule has 4 saturated carbocycles. The minimum Gasteiger partial charge on any atom is -0.744 e. The predicted octanol–water partition coefficient (Wildman–Crippen LogP) is 1.44. The molecule has 13 heteroatoms. The van der Waals surface area contributed by atoms with Gasteiger partial charge in [0.25, 0.3) is 0 Å². The zero-order valence-electron chi connectivity index (χ0n) is 14.5. The second-order valence-electron chi connectivity index (χ2n) is 7.82. The van der Waals surface area contributed by atoms with Gasteiger partial charge in [0.1, 0.15) is 21.6 Å². The van der Waals surface area contributed by atoms with Crippen LogP contribution in [0.25, 0.3) is 0 Å². The molecule has 0 aromatic rings. The third-order valence-electron chi connectivity index (χ3n) is 5.59. The van der Waals surface area contributed by atoms with Crippen molar-refractivity contribution in [3.63, 3.8) is 0 Å². The Morgan fingerprint density at radius 2 is 1.44 bits per heavy atom. The van der Waals surface area contributed by atoms with E-state index < -0.39 is 48.6 Å². The van der Waals surface area contributed by atoms with Gasteiger partial charge >= 0.3 is 67.6 Å². The van der Waals surface area contributed by atoms with Crippen molar-refractivity contribution in [1.29, 1.82) is 0 Å². The largest absolute Gasteiger partial charge is 1.00 e. The topological polar surface area (TPSA) is 83.5 Å². The van der Waals surface area contributed by atoms with Gasteiger partial charge in [0.15, 0.2) is 0 Å². The Hall–Kier alpha value is 0.756. The zero-order valence-corrected chi connectivity index (χ0v) is 19.3. The van der Waals surface area contributed by atoms with Crippen LogP contribution in [-0.4, -0.2) is 25.5 Å². The van der Waals surface area contributed by atoms with Gasteiger partial charge in [-0.15, -0.1) is 0 Å². The van der Waals surface area contributed by atoms with Crippen molar-refractivity contribution in [3.05, 3.63) is 10.3 Å². The minimum atomic E-state index is -10.5. The third kappa shape index (κ3) is 5.67. The summed E-state index contributed by atoms with van der Waals surface area (Å²) < 4.78 is 101. The molecule has 4 aliphatic carbocycles. The molecule has 0 amide bonds. The molecule has 4 fully saturated rings. The number of esters is 1. The van der Waals surface area contributed by atoms with E-state index in [4.69, 9.17) is 0 Å². The third-order valence-corrected chi connectivity index (χ3v) is 7.54. The first kappa shape index (κ1) is 24.0. The summed E-state index contributed by atoms with van der Waals surface area (Å²) in [5.41, 5.74) is -0.992. The van der Waals surface area contributed by atoms with Gasteiger partial charge in [-0.25, -0.2) is 8.42 Å². The molecule has 0 saturated heterocycles. The Balaban J connectivity index is 0.00000261. The van der Waals surface area contributed by atoms with Gasteiger partial charge in [-0.2, -0.15) is 0 Å². The fraction of sp³-hybridized carbons (Fsp3) is 0.786. The molecule has 5 nitrogen and oxygen atoms in total. The molecule has 0 atom stereocenters. The maximum absolute atomic E-state index is 13.0. The molecule has 4 aliphatic rings. The first-order valence-corrected chi connectivity index (χ1v) is 11.5. The van der Waals surface area contributed by atoms with Crippen LogP contribution in [0.5, 0.6) is 0 Å². The van der Waals surface area contributed by atoms with Crippen LogP contribution in [0.3, 0.4) is 0 Å². The molecule has 4 bridgehead atoms. The van der Waals surface area contributed by atoms with Crippen molar-refractivity contribution in [1.82, 2.24) is 0 Å². The number of carbonyl (C=O) groups excluding carboxylic acids is 1. The van der Waals surface area contributed by atoms with Crippen LogP contribution in [-0.2, 0) is 19.6 Å². The van der Waals surface area contributed by atoms with Gasteiger partial charge in [-0.05, 0) is 56.3 Å². The van der Waals surface area contributed by atoms with E-state index in [9.17, 15) is 37.2 Å². The summed E-state index contributed by atoms with van der Waals surface area (Å²) in [5.74, 6) is -0.225. The van der Waals surface area contributed by atoms with Crippen molar-refractivity contribution in [2.75, 3.05) is 6.61 Å². The van der Waals surface area contributed by atoms with Crippen LogP contribution in [0.2, 0.25) is 0 Å². The maximum Gasteiger partial charge on any atom is 1.00 e. The van der Waals surface area contributed by atoms with E-state index in [0.717, 1.165) is 19.3 Å². The van der Waals surface area contributed by atoms with Crippen LogP contribution < -0.4 is 51.4 Å². The smallest absolute Gasteiger partial charge is 0.744 e. The van der Waals surface area contributed by atoms with Crippen LogP contribution in [0, 0.1) is 23.2 Å². The van der Waals surface area contributed by atoms with E-state index >= 15 is 0 Å². The summed E-state index contributed by atoms with van der Waals surface area (Å²) in [5, 5.41) is -1.10. The molecule has 0 radical (unpaired) electrons. The number of carbonyl (C=O) groups is 1. The summed E-state index contributed by atoms with van der Waals surface area (Å²) in [6, 6.07) is 0. The van der Waals surface area contributed by atoms with Gasteiger partial charge in [0.05, 0.1) is 5.41 Å². The van der Waals surface area contributed by atoms with Gasteiger partial charge in [-0.3, -0.25) is 4.79 Å². The Morgan fingerprint density at radius 1 is 1.04 bits per heavy atom. The second-order valence-corrected chi connectivity index (χ2v) is 11.5. The van der Waals surface area contributed by atoms with Crippen molar-refractivity contribution in [2.24, 2.45) is 23.2 Å². The minimum absolute atomic E-state index is 0. The summed E-state index contributed by atoms with van der Waals surface area (Å²) in [6.07, 6.45) is 4.14. The fourth-order valence-electron chi connectivity index (χ4n) is 5.05. The molecule has 0 aliphatic heterocycles. The first-order chi connectivity index (χ1) is 11.5. The Morgan fingerprint density at radius 3 is 1.78 bits per heavy atom. The van der Waals surface area contributed by atoms with Gasteiger partial charge in [0, 0.05) is 5.41 Å². The van der Waals surface area contributed by atoms with Crippen LogP contribution >= 0.6 is 10.2 Å². The van der Waals surface area contributed by atoms with E-state index in [1.165, 1.54) is 0 Å². The van der Waals surface area contributed by atoms with E-state index in [1.54, 1.807) is 0 Å². The molecular weight excluding hydrogens is 446 g/mol. The summed E-state index contributed by atoms with van der Waals surface area (Å²) >= 11 is 0. The monoisotopic (exact) mass is 464 g/mol. The zero-order chi connectivity index (χ0) is 19.7. The Kier molecular flexibility index (Phi) is 5.90. The van der Waals surface area contributed by atoms with E-state index in [0.29, 0.717) is 19.3 Å². The van der Waals surface area contributed by atoms with E-state index in [1.807, 2.05) is 0 Å². The molecule has 0 spiro atoms. The molecule has 27 heavy (non-hydrogen) atoms. The van der Waals surface area contributed by atoms with Crippen molar-refractivity contribution >= 4 is 26.3 Å². The molecule has 0 heterocycles. The summed E-state index contributed by atoms with van der Waals surface area (Å²) in [4.78, 5) is 9.52. The van der Waals surface area contributed by atoms with Crippen LogP contribution in [0.15, 0.2) is 10.3 Å². The molecular formula is C14H18F5KO5S2. The molecule has 0 aromatic carbocycles. The maximum atomic E-state index is 13.0. The van der Waals surface area contributed by atoms with Crippen LogP contribution in [0.1, 0.15) is 38.5 Å². The Bertz CT molecular complexity index is 743. The quantitative estimate of drug-likeness (QED) is 0.266. The molecule has 0 aromatic heterocycles. The van der Waals surface area contributed by atoms with E-state index in [2.05, 4.69) is 4.74 Å². The normalized spacial score (nSPS) is 35.8. The van der Waals surface area contributed by atoms with Gasteiger partial charge in [-0.1, -0.05) is 19.4 Å². The predicted molar refractivity (Wildman–Crippen MR) is 82.5 cm³/mol. The molecule has 152 valence electrons. The van der Waals surface area contributed by atoms with Gasteiger partial charge < -0.3 is 9.29 Å². The van der Waals surface area contributed by atoms with Crippen molar-refractivity contribution in [3.8, 4) is 0 Å². The van der Waals surface area contributed by atoms with E-state index in [-0.39, 0.29) is 69.1 Å². The number of rotatable bonds is 5. The standard InChI is InChI=1S/C14H19F5O5S2.K/c15-26(16,17,18,19)12(8-25(21,22)23)7-24-13(20)14-4-9-1-10(5-14)3-11(2-9)6-14;/h8-11H,1-7H2,(H,21,22,23);/q;+1/p-1. The van der Waals surface area contributed by atoms with Crippen molar-refractivity contribution < 1.29 is 93.3 Å². The molecule has 0 N–H and O–H groups in total. The summed E-state index contributed by atoms with van der Waals surface area (Å²) in [7, 11) is -16.2. The SMILES string of the molecule is O=C(OCC(=CS(=O)(=O)[O-])S(F)(F)(F)(F)F)C12CC3CC(CC(C3)C1)C2.[K+]. The van der Waals surface area contributed by atoms with Crippen LogP contribution in [0.4, 0.5) is 19.4 Å². The molecule has 0 unspecified atom stereocenters. The Labute approximate surface area is 196 Å². The number of hydrogen-bond acceptors (Lipinski definition) is 5. The number of ether oxygens (including phenoxy) is 1.